The van der Waals surface area contributed by atoms with Crippen LogP contribution in [0.3, 0.4) is 0 Å². The smallest absolute Gasteiger partial charge is 0.262 e. The maximum absolute atomic E-state index is 12.3. The fourth-order valence-corrected chi connectivity index (χ4v) is 3.08. The minimum Gasteiger partial charge on any atom is -0.495 e. The van der Waals surface area contributed by atoms with Crippen molar-refractivity contribution in [2.45, 2.75) is 26.7 Å². The number of carbonyl (C=O) groups is 2. The number of hydrogen-bond acceptors (Lipinski definition) is 4. The van der Waals surface area contributed by atoms with Gasteiger partial charge < -0.3 is 19.7 Å². The van der Waals surface area contributed by atoms with E-state index in [0.717, 1.165) is 17.5 Å². The van der Waals surface area contributed by atoms with Crippen molar-refractivity contribution in [1.29, 1.82) is 0 Å². The highest BCUT2D eigenvalue weighted by atomic mass is 16.5. The number of carbonyl (C=O) groups excluding carboxylic acids is 2. The van der Waals surface area contributed by atoms with Gasteiger partial charge >= 0.3 is 0 Å². The molecule has 142 valence electrons. The van der Waals surface area contributed by atoms with E-state index in [2.05, 4.69) is 5.32 Å². The lowest BCUT2D eigenvalue weighted by Crippen LogP contribution is -2.25. The van der Waals surface area contributed by atoms with E-state index in [4.69, 9.17) is 9.47 Å². The fourth-order valence-electron chi connectivity index (χ4n) is 3.08. The van der Waals surface area contributed by atoms with E-state index in [-0.39, 0.29) is 18.4 Å². The molecule has 1 heterocycles. The van der Waals surface area contributed by atoms with Gasteiger partial charge in [-0.3, -0.25) is 9.59 Å². The molecule has 6 heteroatoms. The van der Waals surface area contributed by atoms with Crippen LogP contribution in [0.4, 0.5) is 11.4 Å². The number of rotatable bonds is 6. The molecular weight excluding hydrogens is 344 g/mol. The van der Waals surface area contributed by atoms with E-state index in [1.165, 1.54) is 0 Å². The van der Waals surface area contributed by atoms with Crippen LogP contribution < -0.4 is 19.7 Å². The maximum atomic E-state index is 12.3. The Morgan fingerprint density at radius 2 is 1.96 bits per heavy atom. The topological polar surface area (TPSA) is 67.9 Å². The van der Waals surface area contributed by atoms with Crippen LogP contribution in [0.5, 0.6) is 11.5 Å². The van der Waals surface area contributed by atoms with Crippen LogP contribution in [-0.2, 0) is 9.59 Å². The number of ether oxygens (including phenoxy) is 2. The Morgan fingerprint density at radius 1 is 1.15 bits per heavy atom. The van der Waals surface area contributed by atoms with E-state index < -0.39 is 0 Å². The van der Waals surface area contributed by atoms with E-state index >= 15 is 0 Å². The number of hydrogen-bond donors (Lipinski definition) is 1. The minimum atomic E-state index is -0.264. The first-order valence-electron chi connectivity index (χ1n) is 8.96. The van der Waals surface area contributed by atoms with Gasteiger partial charge in [0.15, 0.2) is 6.61 Å². The molecule has 3 rings (SSSR count). The van der Waals surface area contributed by atoms with Gasteiger partial charge in [-0.25, -0.2) is 0 Å². The predicted molar refractivity (Wildman–Crippen MR) is 105 cm³/mol. The van der Waals surface area contributed by atoms with Crippen LogP contribution in [0.1, 0.15) is 24.0 Å². The average molecular weight is 368 g/mol. The molecule has 0 bridgehead atoms. The molecule has 2 aromatic rings. The lowest BCUT2D eigenvalue weighted by atomic mass is 10.1. The zero-order valence-electron chi connectivity index (χ0n) is 15.9. The second-order valence-electron chi connectivity index (χ2n) is 6.64. The number of nitrogens with one attached hydrogen (secondary N) is 1. The molecule has 1 N–H and O–H groups in total. The highest BCUT2D eigenvalue weighted by Gasteiger charge is 2.24. The summed E-state index contributed by atoms with van der Waals surface area (Å²) in [5.74, 6) is 1.10. The van der Waals surface area contributed by atoms with Crippen molar-refractivity contribution in [1.82, 2.24) is 0 Å². The molecule has 1 aliphatic rings. The quantitative estimate of drug-likeness (QED) is 0.848. The minimum absolute atomic E-state index is 0.0648. The Bertz CT molecular complexity index is 863. The summed E-state index contributed by atoms with van der Waals surface area (Å²) in [7, 11) is 1.57. The molecule has 1 saturated heterocycles. The third kappa shape index (κ3) is 4.39. The van der Waals surface area contributed by atoms with Gasteiger partial charge in [0.2, 0.25) is 5.91 Å². The van der Waals surface area contributed by atoms with E-state index in [1.54, 1.807) is 30.2 Å². The summed E-state index contributed by atoms with van der Waals surface area (Å²) < 4.78 is 11.0. The third-order valence-electron chi connectivity index (χ3n) is 4.53. The zero-order valence-corrected chi connectivity index (χ0v) is 15.9. The molecule has 0 aliphatic carbocycles. The summed E-state index contributed by atoms with van der Waals surface area (Å²) in [6, 6.07) is 11.1. The molecule has 6 nitrogen and oxygen atoms in total. The number of benzene rings is 2. The predicted octanol–water partition coefficient (Wildman–Crippen LogP) is 3.46. The largest absolute Gasteiger partial charge is 0.495 e. The third-order valence-corrected chi connectivity index (χ3v) is 4.53. The number of aryl methyl sites for hydroxylation is 2. The highest BCUT2D eigenvalue weighted by molar-refractivity contribution is 5.98. The monoisotopic (exact) mass is 368 g/mol. The van der Waals surface area contributed by atoms with Gasteiger partial charge in [0.05, 0.1) is 12.8 Å². The van der Waals surface area contributed by atoms with Gasteiger partial charge in [-0.1, -0.05) is 12.1 Å². The van der Waals surface area contributed by atoms with Crippen LogP contribution in [0, 0.1) is 13.8 Å². The summed E-state index contributed by atoms with van der Waals surface area (Å²) in [4.78, 5) is 26.0. The van der Waals surface area contributed by atoms with Crippen molar-refractivity contribution in [2.24, 2.45) is 0 Å². The van der Waals surface area contributed by atoms with Gasteiger partial charge in [0.1, 0.15) is 11.5 Å². The van der Waals surface area contributed by atoms with Crippen LogP contribution in [0.15, 0.2) is 36.4 Å². The standard InChI is InChI=1S/C21H24N2O4/c1-14-6-7-15(2)19(11-14)27-13-20(24)22-16-8-9-18(26-3)17(12-16)23-10-4-5-21(23)25/h6-9,11-12H,4-5,10,13H2,1-3H3,(H,22,24). The van der Waals surface area contributed by atoms with Crippen LogP contribution in [-0.4, -0.2) is 32.1 Å². The summed E-state index contributed by atoms with van der Waals surface area (Å²) in [6.07, 6.45) is 1.35. The van der Waals surface area contributed by atoms with E-state index in [9.17, 15) is 9.59 Å². The Morgan fingerprint density at radius 3 is 2.67 bits per heavy atom. The molecular formula is C21H24N2O4. The molecule has 0 saturated carbocycles. The SMILES string of the molecule is COc1ccc(NC(=O)COc2cc(C)ccc2C)cc1N1CCCC1=O. The molecule has 1 aliphatic heterocycles. The van der Waals surface area contributed by atoms with Crippen LogP contribution in [0.2, 0.25) is 0 Å². The molecule has 0 unspecified atom stereocenters. The van der Waals surface area contributed by atoms with Crippen LogP contribution >= 0.6 is 0 Å². The maximum Gasteiger partial charge on any atom is 0.262 e. The Kier molecular flexibility index (Phi) is 5.64. The molecule has 1 fully saturated rings. The Hall–Kier alpha value is -3.02. The first kappa shape index (κ1) is 18.8. The average Bonchev–Trinajstić information content (AvgIpc) is 3.08. The summed E-state index contributed by atoms with van der Waals surface area (Å²) >= 11 is 0. The molecule has 27 heavy (non-hydrogen) atoms. The van der Waals surface area contributed by atoms with Gasteiger partial charge in [0, 0.05) is 18.7 Å². The molecule has 0 aromatic heterocycles. The van der Waals surface area contributed by atoms with Gasteiger partial charge in [0.25, 0.3) is 5.91 Å². The normalized spacial score (nSPS) is 13.6. The fraction of sp³-hybridized carbons (Fsp3) is 0.333. The first-order chi connectivity index (χ1) is 13.0. The molecule has 2 amide bonds. The highest BCUT2D eigenvalue weighted by Crippen LogP contribution is 2.34. The molecule has 0 radical (unpaired) electrons. The lowest BCUT2D eigenvalue weighted by Gasteiger charge is -2.20. The van der Waals surface area contributed by atoms with Gasteiger partial charge in [-0.2, -0.15) is 0 Å². The molecule has 0 spiro atoms. The van der Waals surface area contributed by atoms with E-state index in [1.807, 2.05) is 32.0 Å². The van der Waals surface area contributed by atoms with Gasteiger partial charge in [-0.15, -0.1) is 0 Å². The van der Waals surface area contributed by atoms with E-state index in [0.29, 0.717) is 35.8 Å². The number of anilines is 2. The van der Waals surface area contributed by atoms with Gasteiger partial charge in [-0.05, 0) is 55.7 Å². The lowest BCUT2D eigenvalue weighted by molar-refractivity contribution is -0.118. The second-order valence-corrected chi connectivity index (χ2v) is 6.64. The second kappa shape index (κ2) is 8.12. The van der Waals surface area contributed by atoms with Crippen molar-refractivity contribution in [2.75, 3.05) is 30.5 Å². The zero-order chi connectivity index (χ0) is 19.4. The first-order valence-corrected chi connectivity index (χ1v) is 8.96. The summed E-state index contributed by atoms with van der Waals surface area (Å²) in [5.41, 5.74) is 3.33. The number of nitrogens with zero attached hydrogens (tertiary/aromatic N) is 1. The van der Waals surface area contributed by atoms with Crippen LogP contribution in [0.25, 0.3) is 0 Å². The number of methoxy groups -OCH3 is 1. The number of amides is 2. The Labute approximate surface area is 159 Å². The molecule has 0 atom stereocenters. The Balaban J connectivity index is 1.68. The van der Waals surface area contributed by atoms with Crippen molar-refractivity contribution in [3.63, 3.8) is 0 Å². The summed E-state index contributed by atoms with van der Waals surface area (Å²) in [5, 5.41) is 2.82. The van der Waals surface area contributed by atoms with Crippen molar-refractivity contribution < 1.29 is 19.1 Å². The van der Waals surface area contributed by atoms with Crippen molar-refractivity contribution >= 4 is 23.2 Å². The van der Waals surface area contributed by atoms with Crippen molar-refractivity contribution in [3.8, 4) is 11.5 Å². The molecule has 2 aromatic carbocycles. The van der Waals surface area contributed by atoms with Crippen molar-refractivity contribution in [3.05, 3.63) is 47.5 Å². The summed E-state index contributed by atoms with van der Waals surface area (Å²) in [6.45, 7) is 4.48.